The molecule has 3 atom stereocenters. The average molecular weight is 1880 g/mol. The molecule has 6 aromatic carbocycles. The summed E-state index contributed by atoms with van der Waals surface area (Å²) >= 11 is 8.81. The molecule has 0 spiro atoms. The van der Waals surface area contributed by atoms with E-state index in [9.17, 15) is 37.1 Å². The molecule has 24 rings (SSSR count). The molecule has 5 aliphatic heterocycles. The first kappa shape index (κ1) is 88.6. The van der Waals surface area contributed by atoms with Gasteiger partial charge < -0.3 is 72.8 Å². The first-order chi connectivity index (χ1) is 65.4. The Hall–Kier alpha value is -14.3. The minimum atomic E-state index is -0.517. The number of aromatic nitrogens is 12. The van der Waals surface area contributed by atoms with Crippen LogP contribution in [0.2, 0.25) is 5.02 Å². The molecule has 0 saturated carbocycles. The van der Waals surface area contributed by atoms with Crippen LogP contribution in [0.1, 0.15) is 30.8 Å². The van der Waals surface area contributed by atoms with Gasteiger partial charge in [-0.2, -0.15) is 10.2 Å². The Morgan fingerprint density at radius 2 is 0.711 bits per heavy atom. The highest BCUT2D eigenvalue weighted by Gasteiger charge is 2.26. The standard InChI is InChI=1S/2C20H18FN5O2.C19H16ClFN2O2.2C19H19N5O2S/c1-24-4-6-25(7-5-24)15-3-2-13-8-16(19(27)28-18(13)9-15)17-12-26-11-14(21)10-22-20(26)23-17;1-12-9-25(5-4-22-12)15-3-2-13-6-16(19(27)28-18(13)7-15)17-11-26-10-14(21)8-23-20(26)24-17;20-16-10-12(2-4-17(16)21)15-9-13-1-3-14(11-18(13)25-19(15)24)23-7-5-22-6-8-23;2*1-11-9-23(6-5-20-11)14-4-3-13-7-15(18(25)26-17(13)8-14)16-10-24-19(21-16)27-12(2)22-24/h2-3,8-12H,4-7H2,1H3;2-3,6-8,10-12,22H,4-5,9H2,1H3;1-4,9-11,22H,5-8H2;2*3-4,7-8,10-11,20H,5-6,9H2,1-2H3/t;12-;;2*11-/m.1.10/s1. The van der Waals surface area contributed by atoms with Gasteiger partial charge in [0.2, 0.25) is 21.5 Å². The molecule has 5 fully saturated rings. The van der Waals surface area contributed by atoms with Gasteiger partial charge in [0.15, 0.2) is 11.6 Å². The van der Waals surface area contributed by atoms with E-state index in [0.29, 0.717) is 114 Å². The summed E-state index contributed by atoms with van der Waals surface area (Å²) in [6.07, 6.45) is 11.4. The van der Waals surface area contributed by atoms with Crippen molar-refractivity contribution in [1.82, 2.24) is 84.1 Å². The zero-order valence-electron chi connectivity index (χ0n) is 74.1. The zero-order valence-corrected chi connectivity index (χ0v) is 76.5. The van der Waals surface area contributed by atoms with Crippen molar-refractivity contribution in [1.29, 1.82) is 0 Å². The van der Waals surface area contributed by atoms with Crippen molar-refractivity contribution < 1.29 is 35.3 Å². The number of benzene rings is 6. The summed E-state index contributed by atoms with van der Waals surface area (Å²) in [7, 11) is 2.11. The highest BCUT2D eigenvalue weighted by Crippen LogP contribution is 2.35. The molecule has 38 heteroatoms. The number of aryl methyl sites for hydroxylation is 2. The van der Waals surface area contributed by atoms with Crippen molar-refractivity contribution in [3.63, 3.8) is 0 Å². The van der Waals surface area contributed by atoms with Crippen LogP contribution in [-0.4, -0.2) is 199 Å². The second kappa shape index (κ2) is 37.6. The Kier molecular flexibility index (Phi) is 24.7. The quantitative estimate of drug-likeness (QED) is 0.0924. The van der Waals surface area contributed by atoms with E-state index < -0.39 is 34.3 Å². The van der Waals surface area contributed by atoms with Gasteiger partial charge in [-0.25, -0.2) is 76.1 Å². The summed E-state index contributed by atoms with van der Waals surface area (Å²) in [5, 5.41) is 28.3. The number of rotatable bonds is 10. The van der Waals surface area contributed by atoms with Gasteiger partial charge in [-0.3, -0.25) is 8.80 Å². The van der Waals surface area contributed by atoms with Crippen LogP contribution in [0.15, 0.2) is 235 Å². The SMILES string of the molecule is CN1CCN(c2ccc3cc(-c4cn5cc(F)cnc5n4)c(=O)oc3c2)CC1.C[C@@H]1CN(c2ccc3cc(-c4cn5cc(F)cnc5n4)c(=O)oc3c2)CCN1.Cc1nn2cc(-c3cc4ccc(N5CCN[C@@H](C)C5)cc4oc3=O)nc2s1.Cc1nn2cc(-c3cc4ccc(N5CCN[C@H](C)C5)cc4oc3=O)nc2s1.O=c1oc2cc(N3CCNCC3)ccc2cc1-c1ccc(F)c(Cl)c1. The molecule has 18 heterocycles. The Morgan fingerprint density at radius 1 is 0.378 bits per heavy atom. The van der Waals surface area contributed by atoms with E-state index in [0.717, 1.165) is 199 Å². The number of nitrogens with zero attached hydrogens (tertiary/aromatic N) is 18. The molecule has 4 N–H and O–H groups in total. The number of fused-ring (bicyclic) bond motifs is 9. The molecule has 135 heavy (non-hydrogen) atoms. The van der Waals surface area contributed by atoms with Crippen molar-refractivity contribution in [2.75, 3.05) is 143 Å². The van der Waals surface area contributed by atoms with Gasteiger partial charge in [0.1, 0.15) is 43.7 Å². The Balaban J connectivity index is 0.000000105. The zero-order chi connectivity index (χ0) is 93.0. The maximum Gasteiger partial charge on any atom is 0.345 e. The average Bonchev–Trinajstić information content (AvgIpc) is 1.09. The van der Waals surface area contributed by atoms with Crippen LogP contribution in [0.25, 0.3) is 132 Å². The summed E-state index contributed by atoms with van der Waals surface area (Å²) < 4.78 is 74.3. The molecule has 0 unspecified atom stereocenters. The van der Waals surface area contributed by atoms with Crippen molar-refractivity contribution in [2.45, 2.75) is 52.7 Å². The third kappa shape index (κ3) is 19.2. The first-order valence-electron chi connectivity index (χ1n) is 44.3. The molecular formula is C97H90ClF3N22O10S2. The Bertz CT molecular complexity index is 7820. The van der Waals surface area contributed by atoms with E-state index in [-0.39, 0.29) is 16.3 Å². The topological polar surface area (TPSA) is 339 Å². The van der Waals surface area contributed by atoms with Gasteiger partial charge in [0, 0.05) is 240 Å². The van der Waals surface area contributed by atoms with Crippen LogP contribution < -0.4 is 73.9 Å². The molecule has 0 bridgehead atoms. The van der Waals surface area contributed by atoms with Gasteiger partial charge in [-0.05, 0) is 150 Å². The van der Waals surface area contributed by atoms with E-state index in [4.69, 9.17) is 33.7 Å². The third-order valence-corrected chi connectivity index (χ3v) is 26.3. The second-order valence-electron chi connectivity index (χ2n) is 34.1. The summed E-state index contributed by atoms with van der Waals surface area (Å²) in [4.78, 5) is 103. The predicted molar refractivity (Wildman–Crippen MR) is 520 cm³/mol. The second-order valence-corrected chi connectivity index (χ2v) is 36.8. The smallest absolute Gasteiger partial charge is 0.345 e. The van der Waals surface area contributed by atoms with Crippen LogP contribution in [0.3, 0.4) is 0 Å². The maximum absolute atomic E-state index is 13.4. The number of hydrogen-bond donors (Lipinski definition) is 4. The third-order valence-electron chi connectivity index (χ3n) is 24.3. The van der Waals surface area contributed by atoms with Crippen molar-refractivity contribution in [3.8, 4) is 56.2 Å². The van der Waals surface area contributed by atoms with E-state index in [1.807, 2.05) is 105 Å². The van der Waals surface area contributed by atoms with E-state index in [1.165, 1.54) is 62.1 Å². The molecule has 5 saturated heterocycles. The number of nitrogens with one attached hydrogen (secondary N) is 4. The number of hydrogen-bond acceptors (Lipinski definition) is 30. The summed E-state index contributed by atoms with van der Waals surface area (Å²) in [5.74, 6) is -0.827. The fourth-order valence-corrected chi connectivity index (χ4v) is 19.0. The number of imidazole rings is 4. The lowest BCUT2D eigenvalue weighted by molar-refractivity contribution is 0.313. The molecule has 0 aliphatic carbocycles. The monoisotopic (exact) mass is 1880 g/mol. The number of likely N-dealkylation sites (N-methyl/N-ethyl adjacent to an activating group) is 1. The molecule has 19 aromatic rings. The van der Waals surface area contributed by atoms with Gasteiger partial charge in [-0.15, -0.1) is 0 Å². The Morgan fingerprint density at radius 3 is 1.07 bits per heavy atom. The van der Waals surface area contributed by atoms with Crippen molar-refractivity contribution >= 4 is 139 Å². The van der Waals surface area contributed by atoms with Crippen molar-refractivity contribution in [3.05, 3.63) is 274 Å². The number of anilines is 5. The van der Waals surface area contributed by atoms with Crippen LogP contribution in [0, 0.1) is 31.3 Å². The lowest BCUT2D eigenvalue weighted by Gasteiger charge is -2.34. The molecule has 32 nitrogen and oxygen atoms in total. The predicted octanol–water partition coefficient (Wildman–Crippen LogP) is 13.8. The lowest BCUT2D eigenvalue weighted by atomic mass is 10.1. The number of halogens is 4. The van der Waals surface area contributed by atoms with Gasteiger partial charge >= 0.3 is 28.1 Å². The molecule has 0 amide bonds. The van der Waals surface area contributed by atoms with Gasteiger partial charge in [0.05, 0.1) is 80.4 Å². The highest BCUT2D eigenvalue weighted by molar-refractivity contribution is 7.16. The van der Waals surface area contributed by atoms with Gasteiger partial charge in [0.25, 0.3) is 0 Å². The minimum absolute atomic E-state index is 0.0222. The van der Waals surface area contributed by atoms with E-state index in [1.54, 1.807) is 52.0 Å². The lowest BCUT2D eigenvalue weighted by Crippen LogP contribution is -2.49. The van der Waals surface area contributed by atoms with Crippen LogP contribution in [-0.2, 0) is 0 Å². The van der Waals surface area contributed by atoms with E-state index >= 15 is 0 Å². The fourth-order valence-electron chi connectivity index (χ4n) is 17.4. The minimum Gasteiger partial charge on any atom is -0.422 e. The maximum atomic E-state index is 13.4. The highest BCUT2D eigenvalue weighted by atomic mass is 35.5. The molecule has 0 radical (unpaired) electrons. The largest absolute Gasteiger partial charge is 0.422 e. The number of piperazine rings is 5. The first-order valence-corrected chi connectivity index (χ1v) is 46.3. The summed E-state index contributed by atoms with van der Waals surface area (Å²) in [5.41, 5.74) is 10.3. The van der Waals surface area contributed by atoms with Crippen LogP contribution in [0.5, 0.6) is 0 Å². The molecule has 13 aromatic heterocycles. The molecule has 5 aliphatic rings. The molecular weight excluding hydrogens is 1790 g/mol. The van der Waals surface area contributed by atoms with E-state index in [2.05, 4.69) is 131 Å². The van der Waals surface area contributed by atoms with Crippen LogP contribution >= 0.6 is 34.3 Å². The van der Waals surface area contributed by atoms with Crippen molar-refractivity contribution in [2.24, 2.45) is 0 Å². The van der Waals surface area contributed by atoms with Crippen LogP contribution in [0.4, 0.5) is 41.6 Å². The fraction of sp³-hybridized carbons (Fsp3) is 0.268. The normalized spacial score (nSPS) is 16.8. The molecule has 688 valence electrons. The summed E-state index contributed by atoms with van der Waals surface area (Å²) in [6, 6.07) is 44.2. The summed E-state index contributed by atoms with van der Waals surface area (Å²) in [6.45, 7) is 26.3. The Labute approximate surface area is 779 Å². The van der Waals surface area contributed by atoms with Gasteiger partial charge in [-0.1, -0.05) is 40.3 Å².